The summed E-state index contributed by atoms with van der Waals surface area (Å²) in [6.45, 7) is 2.02. The lowest BCUT2D eigenvalue weighted by atomic mass is 10.1. The summed E-state index contributed by atoms with van der Waals surface area (Å²) in [7, 11) is 0. The number of tetrazole rings is 1. The van der Waals surface area contributed by atoms with E-state index >= 15 is 0 Å². The molecule has 1 fully saturated rings. The zero-order valence-corrected chi connectivity index (χ0v) is 11.7. The molecule has 1 aromatic carbocycles. The highest BCUT2D eigenvalue weighted by Gasteiger charge is 2.27. The third-order valence-corrected chi connectivity index (χ3v) is 4.00. The second-order valence-corrected chi connectivity index (χ2v) is 6.11. The van der Waals surface area contributed by atoms with Gasteiger partial charge in [0.15, 0.2) is 0 Å². The van der Waals surface area contributed by atoms with E-state index < -0.39 is 0 Å². The Balaban J connectivity index is 1.70. The molecule has 3 rings (SSSR count). The van der Waals surface area contributed by atoms with Crippen LogP contribution in [0.1, 0.15) is 31.4 Å². The predicted octanol–water partition coefficient (Wildman–Crippen LogP) is 2.05. The lowest BCUT2D eigenvalue weighted by Gasteiger charge is -2.06. The SMILES string of the molecule is CC(N)Cc1ccc(Sc2nnnn2C2CC2)cc1. The van der Waals surface area contributed by atoms with Crippen LogP contribution in [0.5, 0.6) is 0 Å². The molecule has 5 nitrogen and oxygen atoms in total. The Morgan fingerprint density at radius 2 is 2.11 bits per heavy atom. The van der Waals surface area contributed by atoms with Crippen molar-refractivity contribution in [1.82, 2.24) is 20.2 Å². The average Bonchev–Trinajstić information content (AvgIpc) is 3.12. The molecule has 1 unspecified atom stereocenters. The van der Waals surface area contributed by atoms with Gasteiger partial charge in [0.25, 0.3) is 0 Å². The van der Waals surface area contributed by atoms with Gasteiger partial charge in [-0.3, -0.25) is 0 Å². The maximum Gasteiger partial charge on any atom is 0.214 e. The molecule has 1 atom stereocenters. The first-order valence-corrected chi connectivity index (χ1v) is 7.34. The fraction of sp³-hybridized carbons (Fsp3) is 0.462. The maximum atomic E-state index is 5.80. The van der Waals surface area contributed by atoms with Crippen LogP contribution < -0.4 is 5.73 Å². The normalized spacial score (nSPS) is 16.5. The molecule has 100 valence electrons. The Hall–Kier alpha value is -1.40. The Morgan fingerprint density at radius 3 is 2.74 bits per heavy atom. The molecule has 19 heavy (non-hydrogen) atoms. The molecule has 2 aromatic rings. The van der Waals surface area contributed by atoms with Crippen molar-refractivity contribution in [2.24, 2.45) is 5.73 Å². The van der Waals surface area contributed by atoms with E-state index in [4.69, 9.17) is 5.73 Å². The molecule has 2 N–H and O–H groups in total. The smallest absolute Gasteiger partial charge is 0.214 e. The van der Waals surface area contributed by atoms with Crippen LogP contribution in [-0.2, 0) is 6.42 Å². The van der Waals surface area contributed by atoms with Crippen LogP contribution in [0.25, 0.3) is 0 Å². The van der Waals surface area contributed by atoms with Crippen LogP contribution in [0.3, 0.4) is 0 Å². The summed E-state index contributed by atoms with van der Waals surface area (Å²) in [5.74, 6) is 0. The summed E-state index contributed by atoms with van der Waals surface area (Å²) in [6, 6.07) is 9.16. The van der Waals surface area contributed by atoms with Crippen molar-refractivity contribution < 1.29 is 0 Å². The van der Waals surface area contributed by atoms with Gasteiger partial charge >= 0.3 is 0 Å². The van der Waals surface area contributed by atoms with Crippen LogP contribution in [0.2, 0.25) is 0 Å². The first-order chi connectivity index (χ1) is 9.22. The highest BCUT2D eigenvalue weighted by atomic mass is 32.2. The van der Waals surface area contributed by atoms with Gasteiger partial charge in [-0.05, 0) is 66.1 Å². The van der Waals surface area contributed by atoms with Crippen molar-refractivity contribution in [3.05, 3.63) is 29.8 Å². The monoisotopic (exact) mass is 275 g/mol. The van der Waals surface area contributed by atoms with E-state index in [1.807, 2.05) is 11.6 Å². The van der Waals surface area contributed by atoms with E-state index in [2.05, 4.69) is 39.8 Å². The first kappa shape index (κ1) is 12.6. The zero-order chi connectivity index (χ0) is 13.2. The van der Waals surface area contributed by atoms with Crippen LogP contribution in [0.15, 0.2) is 34.3 Å². The molecule has 0 aliphatic heterocycles. The van der Waals surface area contributed by atoms with Gasteiger partial charge in [-0.2, -0.15) is 0 Å². The summed E-state index contributed by atoms with van der Waals surface area (Å²) in [4.78, 5) is 1.16. The molecule has 1 aromatic heterocycles. The fourth-order valence-corrected chi connectivity index (χ4v) is 2.81. The Kier molecular flexibility index (Phi) is 3.52. The fourth-order valence-electron chi connectivity index (χ4n) is 1.97. The van der Waals surface area contributed by atoms with Crippen LogP contribution >= 0.6 is 11.8 Å². The minimum Gasteiger partial charge on any atom is -0.328 e. The maximum absolute atomic E-state index is 5.80. The number of benzene rings is 1. The average molecular weight is 275 g/mol. The van der Waals surface area contributed by atoms with E-state index in [9.17, 15) is 0 Å². The van der Waals surface area contributed by atoms with Crippen molar-refractivity contribution in [3.8, 4) is 0 Å². The number of hydrogen-bond acceptors (Lipinski definition) is 5. The molecule has 0 spiro atoms. The summed E-state index contributed by atoms with van der Waals surface area (Å²) in [5.41, 5.74) is 7.06. The van der Waals surface area contributed by atoms with E-state index in [0.717, 1.165) is 16.5 Å². The third kappa shape index (κ3) is 3.13. The quantitative estimate of drug-likeness (QED) is 0.904. The van der Waals surface area contributed by atoms with Gasteiger partial charge in [0.2, 0.25) is 5.16 Å². The van der Waals surface area contributed by atoms with E-state index in [1.165, 1.54) is 18.4 Å². The predicted molar refractivity (Wildman–Crippen MR) is 74.0 cm³/mol. The highest BCUT2D eigenvalue weighted by Crippen LogP contribution is 2.37. The summed E-state index contributed by atoms with van der Waals surface area (Å²) in [5, 5.41) is 12.8. The van der Waals surface area contributed by atoms with Crippen LogP contribution in [0, 0.1) is 0 Å². The third-order valence-electron chi connectivity index (χ3n) is 3.05. The van der Waals surface area contributed by atoms with Crippen molar-refractivity contribution in [2.45, 2.75) is 48.3 Å². The molecule has 0 radical (unpaired) electrons. The number of hydrogen-bond donors (Lipinski definition) is 1. The molecule has 6 heteroatoms. The lowest BCUT2D eigenvalue weighted by Crippen LogP contribution is -2.17. The van der Waals surface area contributed by atoms with Gasteiger partial charge in [0.05, 0.1) is 6.04 Å². The van der Waals surface area contributed by atoms with Crippen LogP contribution in [0.4, 0.5) is 0 Å². The van der Waals surface area contributed by atoms with Crippen molar-refractivity contribution in [3.63, 3.8) is 0 Å². The van der Waals surface area contributed by atoms with E-state index in [-0.39, 0.29) is 6.04 Å². The minimum absolute atomic E-state index is 0.195. The van der Waals surface area contributed by atoms with Gasteiger partial charge < -0.3 is 5.73 Å². The van der Waals surface area contributed by atoms with Crippen molar-refractivity contribution in [2.75, 3.05) is 0 Å². The second-order valence-electron chi connectivity index (χ2n) is 5.06. The van der Waals surface area contributed by atoms with E-state index in [0.29, 0.717) is 6.04 Å². The van der Waals surface area contributed by atoms with Gasteiger partial charge in [-0.25, -0.2) is 4.68 Å². The number of rotatable bonds is 5. The van der Waals surface area contributed by atoms with Gasteiger partial charge in [0, 0.05) is 10.9 Å². The van der Waals surface area contributed by atoms with Gasteiger partial charge in [0.1, 0.15) is 0 Å². The second kappa shape index (κ2) is 5.30. The van der Waals surface area contributed by atoms with Crippen molar-refractivity contribution in [1.29, 1.82) is 0 Å². The van der Waals surface area contributed by atoms with E-state index in [1.54, 1.807) is 11.8 Å². The molecule has 1 heterocycles. The molecule has 0 saturated heterocycles. The number of aromatic nitrogens is 4. The molecule has 1 aliphatic carbocycles. The number of nitrogens with two attached hydrogens (primary N) is 1. The standard InChI is InChI=1S/C13H17N5S/c1-9(14)8-10-2-6-12(7-3-10)19-13-15-16-17-18(13)11-4-5-11/h2-3,6-7,9,11H,4-5,8,14H2,1H3. The largest absolute Gasteiger partial charge is 0.328 e. The molecule has 1 saturated carbocycles. The molecule has 1 aliphatic rings. The summed E-state index contributed by atoms with van der Waals surface area (Å²) < 4.78 is 1.93. The summed E-state index contributed by atoms with van der Waals surface area (Å²) in [6.07, 6.45) is 3.28. The minimum atomic E-state index is 0.195. The number of nitrogens with zero attached hydrogens (tertiary/aromatic N) is 4. The Labute approximate surface area is 116 Å². The zero-order valence-electron chi connectivity index (χ0n) is 10.9. The Morgan fingerprint density at radius 1 is 1.37 bits per heavy atom. The molecule has 0 amide bonds. The van der Waals surface area contributed by atoms with Crippen molar-refractivity contribution >= 4 is 11.8 Å². The summed E-state index contributed by atoms with van der Waals surface area (Å²) >= 11 is 1.61. The Bertz CT molecular complexity index is 544. The molecular weight excluding hydrogens is 258 g/mol. The van der Waals surface area contributed by atoms with Gasteiger partial charge in [-0.15, -0.1) is 5.10 Å². The topological polar surface area (TPSA) is 69.6 Å². The first-order valence-electron chi connectivity index (χ1n) is 6.52. The molecule has 0 bridgehead atoms. The van der Waals surface area contributed by atoms with Gasteiger partial charge in [-0.1, -0.05) is 12.1 Å². The highest BCUT2D eigenvalue weighted by molar-refractivity contribution is 7.99. The molecular formula is C13H17N5S. The van der Waals surface area contributed by atoms with Crippen LogP contribution in [-0.4, -0.2) is 26.2 Å². The lowest BCUT2D eigenvalue weighted by molar-refractivity contribution is 0.565.